The lowest BCUT2D eigenvalue weighted by Gasteiger charge is -2.23. The lowest BCUT2D eigenvalue weighted by molar-refractivity contribution is 0.591. The van der Waals surface area contributed by atoms with Crippen LogP contribution in [0, 0.1) is 13.8 Å². The van der Waals surface area contributed by atoms with Gasteiger partial charge in [-0.1, -0.05) is 23.7 Å². The number of sulfonamides is 1. The fourth-order valence-corrected chi connectivity index (χ4v) is 4.47. The van der Waals surface area contributed by atoms with Gasteiger partial charge in [0.15, 0.2) is 0 Å². The van der Waals surface area contributed by atoms with Crippen LogP contribution < -0.4 is 4.31 Å². The maximum absolute atomic E-state index is 12.9. The Bertz CT molecular complexity index is 769. The van der Waals surface area contributed by atoms with Gasteiger partial charge in [-0.25, -0.2) is 8.42 Å². The van der Waals surface area contributed by atoms with Gasteiger partial charge in [0.25, 0.3) is 10.0 Å². The fraction of sp³-hybridized carbons (Fsp3) is 0.357. The number of rotatable bonds is 4. The van der Waals surface area contributed by atoms with Gasteiger partial charge in [-0.3, -0.25) is 8.99 Å². The lowest BCUT2D eigenvalue weighted by atomic mass is 10.2. The summed E-state index contributed by atoms with van der Waals surface area (Å²) in [7, 11) is -2.12. The van der Waals surface area contributed by atoms with Crippen molar-refractivity contribution in [2.24, 2.45) is 7.05 Å². The molecule has 0 bridgehead atoms. The number of halogens is 1. The Morgan fingerprint density at radius 2 is 2.00 bits per heavy atom. The zero-order valence-corrected chi connectivity index (χ0v) is 14.0. The van der Waals surface area contributed by atoms with Gasteiger partial charge in [0.1, 0.15) is 10.0 Å². The number of nitrogens with zero attached hydrogens (tertiary/aromatic N) is 3. The van der Waals surface area contributed by atoms with Crippen LogP contribution in [0.3, 0.4) is 0 Å². The number of anilines is 1. The zero-order valence-electron chi connectivity index (χ0n) is 12.5. The van der Waals surface area contributed by atoms with E-state index in [2.05, 4.69) is 5.10 Å². The van der Waals surface area contributed by atoms with Crippen molar-refractivity contribution in [3.05, 3.63) is 40.7 Å². The summed E-state index contributed by atoms with van der Waals surface area (Å²) in [6.07, 6.45) is 0. The van der Waals surface area contributed by atoms with Crippen LogP contribution in [0.15, 0.2) is 29.2 Å². The number of aryl methyl sites for hydroxylation is 3. The van der Waals surface area contributed by atoms with Crippen molar-refractivity contribution in [1.82, 2.24) is 9.78 Å². The Morgan fingerprint density at radius 3 is 2.48 bits per heavy atom. The Labute approximate surface area is 130 Å². The zero-order chi connectivity index (χ0) is 15.8. The molecule has 0 N–H and O–H groups in total. The maximum Gasteiger partial charge on any atom is 0.269 e. The summed E-state index contributed by atoms with van der Waals surface area (Å²) in [6, 6.07) is 7.36. The highest BCUT2D eigenvalue weighted by Gasteiger charge is 2.31. The molecule has 0 unspecified atom stereocenters. The Hall–Kier alpha value is -1.53. The third-order valence-corrected chi connectivity index (χ3v) is 5.82. The van der Waals surface area contributed by atoms with Crippen LogP contribution in [0.5, 0.6) is 0 Å². The summed E-state index contributed by atoms with van der Waals surface area (Å²) in [5.41, 5.74) is 2.01. The molecule has 5 nitrogen and oxygen atoms in total. The molecule has 0 fully saturated rings. The van der Waals surface area contributed by atoms with Crippen LogP contribution in [-0.4, -0.2) is 24.7 Å². The molecular formula is C14H18ClN3O2S. The third-order valence-electron chi connectivity index (χ3n) is 3.23. The van der Waals surface area contributed by atoms with Crippen molar-refractivity contribution < 1.29 is 8.42 Å². The lowest BCUT2D eigenvalue weighted by Crippen LogP contribution is -2.31. The largest absolute Gasteiger partial charge is 0.269 e. The van der Waals surface area contributed by atoms with E-state index >= 15 is 0 Å². The molecule has 21 heavy (non-hydrogen) atoms. The van der Waals surface area contributed by atoms with E-state index < -0.39 is 10.0 Å². The number of aromatic nitrogens is 2. The Morgan fingerprint density at radius 1 is 1.33 bits per heavy atom. The molecular weight excluding hydrogens is 310 g/mol. The molecule has 2 aromatic rings. The molecule has 7 heteroatoms. The van der Waals surface area contributed by atoms with E-state index in [0.29, 0.717) is 17.9 Å². The van der Waals surface area contributed by atoms with Gasteiger partial charge in [0.05, 0.1) is 11.4 Å². The minimum absolute atomic E-state index is 0.0648. The highest BCUT2D eigenvalue weighted by atomic mass is 35.5. The van der Waals surface area contributed by atoms with E-state index in [0.717, 1.165) is 5.56 Å². The van der Waals surface area contributed by atoms with E-state index in [9.17, 15) is 8.42 Å². The summed E-state index contributed by atoms with van der Waals surface area (Å²) >= 11 is 6.11. The predicted molar refractivity (Wildman–Crippen MR) is 84.3 cm³/mol. The van der Waals surface area contributed by atoms with Gasteiger partial charge < -0.3 is 0 Å². The van der Waals surface area contributed by atoms with Gasteiger partial charge in [0, 0.05) is 13.6 Å². The molecule has 1 aromatic carbocycles. The van der Waals surface area contributed by atoms with Gasteiger partial charge >= 0.3 is 0 Å². The average Bonchev–Trinajstić information content (AvgIpc) is 2.64. The first-order chi connectivity index (χ1) is 9.78. The second-order valence-corrected chi connectivity index (χ2v) is 6.99. The molecule has 114 valence electrons. The SMILES string of the molecule is CCN(c1cccc(C)c1)S(=O)(=O)c1c(C)nn(C)c1Cl. The Kier molecular flexibility index (Phi) is 4.30. The molecule has 2 rings (SSSR count). The standard InChI is InChI=1S/C14H18ClN3O2S/c1-5-18(12-8-6-7-10(2)9-12)21(19,20)13-11(3)16-17(4)14(13)15/h6-9H,5H2,1-4H3. The molecule has 1 aromatic heterocycles. The first-order valence-electron chi connectivity index (χ1n) is 6.57. The molecule has 1 heterocycles. The van der Waals surface area contributed by atoms with Crippen molar-refractivity contribution in [2.75, 3.05) is 10.8 Å². The van der Waals surface area contributed by atoms with E-state index in [1.807, 2.05) is 25.1 Å². The third kappa shape index (κ3) is 2.78. The van der Waals surface area contributed by atoms with Crippen molar-refractivity contribution in [3.8, 4) is 0 Å². The van der Waals surface area contributed by atoms with E-state index in [4.69, 9.17) is 11.6 Å². The van der Waals surface area contributed by atoms with Gasteiger partial charge in [-0.2, -0.15) is 5.10 Å². The van der Waals surface area contributed by atoms with Crippen LogP contribution in [0.4, 0.5) is 5.69 Å². The highest BCUT2D eigenvalue weighted by molar-refractivity contribution is 7.93. The molecule has 0 amide bonds. The summed E-state index contributed by atoms with van der Waals surface area (Å²) in [4.78, 5) is 0.0648. The van der Waals surface area contributed by atoms with Crippen molar-refractivity contribution in [3.63, 3.8) is 0 Å². The molecule has 0 aliphatic heterocycles. The molecule has 0 radical (unpaired) electrons. The number of benzene rings is 1. The van der Waals surface area contributed by atoms with Crippen LogP contribution in [0.1, 0.15) is 18.2 Å². The molecule has 0 aliphatic rings. The maximum atomic E-state index is 12.9. The first kappa shape index (κ1) is 15.9. The molecule has 0 saturated heterocycles. The van der Waals surface area contributed by atoms with Crippen molar-refractivity contribution >= 4 is 27.3 Å². The van der Waals surface area contributed by atoms with Crippen LogP contribution in [0.25, 0.3) is 0 Å². The molecule has 0 saturated carbocycles. The summed E-state index contributed by atoms with van der Waals surface area (Å²) in [6.45, 7) is 5.67. The average molecular weight is 328 g/mol. The highest BCUT2D eigenvalue weighted by Crippen LogP contribution is 2.30. The van der Waals surface area contributed by atoms with Crippen molar-refractivity contribution in [1.29, 1.82) is 0 Å². The normalized spacial score (nSPS) is 11.7. The van der Waals surface area contributed by atoms with Crippen LogP contribution >= 0.6 is 11.6 Å². The number of hydrogen-bond donors (Lipinski definition) is 0. The minimum atomic E-state index is -3.74. The predicted octanol–water partition coefficient (Wildman–Crippen LogP) is 2.91. The monoisotopic (exact) mass is 327 g/mol. The second kappa shape index (κ2) is 5.69. The summed E-state index contributed by atoms with van der Waals surface area (Å²) in [5.74, 6) is 0. The number of hydrogen-bond acceptors (Lipinski definition) is 3. The van der Waals surface area contributed by atoms with Crippen molar-refractivity contribution in [2.45, 2.75) is 25.7 Å². The van der Waals surface area contributed by atoms with Crippen LogP contribution in [0.2, 0.25) is 5.15 Å². The minimum Gasteiger partial charge on any atom is -0.266 e. The van der Waals surface area contributed by atoms with Gasteiger partial charge in [-0.15, -0.1) is 0 Å². The van der Waals surface area contributed by atoms with Crippen LogP contribution in [-0.2, 0) is 17.1 Å². The van der Waals surface area contributed by atoms with Gasteiger partial charge in [0.2, 0.25) is 0 Å². The topological polar surface area (TPSA) is 55.2 Å². The fourth-order valence-electron chi connectivity index (χ4n) is 2.29. The summed E-state index contributed by atoms with van der Waals surface area (Å²) in [5, 5.41) is 4.21. The van der Waals surface area contributed by atoms with E-state index in [1.54, 1.807) is 27.0 Å². The van der Waals surface area contributed by atoms with E-state index in [-0.39, 0.29) is 10.0 Å². The van der Waals surface area contributed by atoms with Gasteiger partial charge in [-0.05, 0) is 38.5 Å². The smallest absolute Gasteiger partial charge is 0.266 e. The molecule has 0 atom stereocenters. The second-order valence-electron chi connectivity index (χ2n) is 4.84. The summed E-state index contributed by atoms with van der Waals surface area (Å²) < 4.78 is 28.5. The molecule has 0 spiro atoms. The quantitative estimate of drug-likeness (QED) is 0.867. The Balaban J connectivity index is 2.60. The molecule has 0 aliphatic carbocycles. The first-order valence-corrected chi connectivity index (χ1v) is 8.39. The van der Waals surface area contributed by atoms with E-state index in [1.165, 1.54) is 8.99 Å².